The van der Waals surface area contributed by atoms with Crippen LogP contribution in [0.4, 0.5) is 11.5 Å². The number of anilines is 2. The third kappa shape index (κ3) is 5.16. The topological polar surface area (TPSA) is 137 Å². The number of H-pyrrole nitrogens is 1. The second-order valence-electron chi connectivity index (χ2n) is 8.06. The summed E-state index contributed by atoms with van der Waals surface area (Å²) in [5, 5.41) is 0. The minimum Gasteiger partial charge on any atom is -0.455 e. The van der Waals surface area contributed by atoms with Crippen LogP contribution in [0.3, 0.4) is 0 Å². The fourth-order valence-electron chi connectivity index (χ4n) is 3.76. The number of methoxy groups -OCH3 is 1. The molecule has 10 nitrogen and oxygen atoms in total. The molecular weight excluding hydrogens is 428 g/mol. The van der Waals surface area contributed by atoms with Crippen molar-refractivity contribution in [2.45, 2.75) is 44.6 Å². The average molecular weight is 459 g/mol. The Bertz CT molecular complexity index is 1100. The standard InChI is InChI=1S/C23H30N4O6/c1-3-4-12-27-19(24)18(20(29)25-22(27)31)26(13-14-32-2)17(28)15-33-21(30)23(10-11-23)16-8-6-5-7-9-16/h5-9H,3-4,10-15,24H2,1-2H3,(H,25,29,31). The van der Waals surface area contributed by atoms with Gasteiger partial charge in [0.25, 0.3) is 11.5 Å². The SMILES string of the molecule is CCCCn1c(N)c(N(CCOC)C(=O)COC(=O)C2(c3ccccc3)CC2)c(=O)[nH]c1=O. The molecule has 0 saturated heterocycles. The summed E-state index contributed by atoms with van der Waals surface area (Å²) in [7, 11) is 1.45. The molecule has 3 rings (SSSR count). The molecule has 1 amide bonds. The van der Waals surface area contributed by atoms with Crippen LogP contribution in [0, 0.1) is 0 Å². The predicted molar refractivity (Wildman–Crippen MR) is 123 cm³/mol. The lowest BCUT2D eigenvalue weighted by molar-refractivity contribution is -0.150. The summed E-state index contributed by atoms with van der Waals surface area (Å²) in [6.07, 6.45) is 2.77. The van der Waals surface area contributed by atoms with Gasteiger partial charge < -0.3 is 15.2 Å². The van der Waals surface area contributed by atoms with Crippen LogP contribution in [0.5, 0.6) is 0 Å². The summed E-state index contributed by atoms with van der Waals surface area (Å²) in [6, 6.07) is 9.29. The smallest absolute Gasteiger partial charge is 0.330 e. The second kappa shape index (κ2) is 10.5. The summed E-state index contributed by atoms with van der Waals surface area (Å²) < 4.78 is 11.7. The molecule has 3 N–H and O–H groups in total. The summed E-state index contributed by atoms with van der Waals surface area (Å²) in [5.41, 5.74) is 4.68. The molecular formula is C23H30N4O6. The maximum Gasteiger partial charge on any atom is 0.330 e. The molecule has 2 aromatic rings. The van der Waals surface area contributed by atoms with Gasteiger partial charge in [-0.1, -0.05) is 43.7 Å². The largest absolute Gasteiger partial charge is 0.455 e. The van der Waals surface area contributed by atoms with Crippen molar-refractivity contribution >= 4 is 23.4 Å². The Morgan fingerprint density at radius 1 is 1.21 bits per heavy atom. The van der Waals surface area contributed by atoms with Gasteiger partial charge in [0.15, 0.2) is 12.3 Å². The van der Waals surface area contributed by atoms with Crippen molar-refractivity contribution < 1.29 is 19.1 Å². The van der Waals surface area contributed by atoms with Gasteiger partial charge in [-0.15, -0.1) is 0 Å². The number of esters is 1. The fourth-order valence-corrected chi connectivity index (χ4v) is 3.76. The van der Waals surface area contributed by atoms with Gasteiger partial charge in [0.2, 0.25) is 0 Å². The quantitative estimate of drug-likeness (QED) is 0.482. The first-order valence-corrected chi connectivity index (χ1v) is 11.0. The molecule has 10 heteroatoms. The Morgan fingerprint density at radius 3 is 2.52 bits per heavy atom. The molecule has 178 valence electrons. The molecule has 0 aliphatic heterocycles. The van der Waals surface area contributed by atoms with Crippen molar-refractivity contribution in [1.82, 2.24) is 9.55 Å². The Morgan fingerprint density at radius 2 is 1.91 bits per heavy atom. The van der Waals surface area contributed by atoms with E-state index in [0.717, 1.165) is 16.9 Å². The van der Waals surface area contributed by atoms with E-state index in [0.29, 0.717) is 25.8 Å². The van der Waals surface area contributed by atoms with Gasteiger partial charge in [0.1, 0.15) is 5.82 Å². The van der Waals surface area contributed by atoms with Gasteiger partial charge in [0, 0.05) is 20.2 Å². The van der Waals surface area contributed by atoms with E-state index in [4.69, 9.17) is 15.2 Å². The molecule has 1 aliphatic rings. The molecule has 1 saturated carbocycles. The molecule has 1 aromatic carbocycles. The van der Waals surface area contributed by atoms with Crippen LogP contribution >= 0.6 is 0 Å². The monoisotopic (exact) mass is 458 g/mol. The number of aromatic nitrogens is 2. The Kier molecular flexibility index (Phi) is 7.70. The number of unbranched alkanes of at least 4 members (excludes halogenated alkanes) is 1. The molecule has 0 bridgehead atoms. The number of nitrogen functional groups attached to an aromatic ring is 1. The van der Waals surface area contributed by atoms with Crippen LogP contribution in [0.25, 0.3) is 0 Å². The second-order valence-corrected chi connectivity index (χ2v) is 8.06. The first-order chi connectivity index (χ1) is 15.9. The van der Waals surface area contributed by atoms with Crippen LogP contribution in [-0.4, -0.2) is 48.3 Å². The van der Waals surface area contributed by atoms with Gasteiger partial charge in [-0.25, -0.2) is 4.79 Å². The lowest BCUT2D eigenvalue weighted by Crippen LogP contribution is -2.44. The van der Waals surface area contributed by atoms with Crippen molar-refractivity contribution in [1.29, 1.82) is 0 Å². The molecule has 1 aliphatic carbocycles. The normalized spacial score (nSPS) is 14.0. The first kappa shape index (κ1) is 24.2. The minimum absolute atomic E-state index is 0.00399. The number of nitrogens with zero attached hydrogens (tertiary/aromatic N) is 2. The van der Waals surface area contributed by atoms with Gasteiger partial charge in [-0.3, -0.25) is 28.8 Å². The number of aromatic amines is 1. The van der Waals surface area contributed by atoms with E-state index in [1.807, 2.05) is 37.3 Å². The highest BCUT2D eigenvalue weighted by molar-refractivity contribution is 5.98. The van der Waals surface area contributed by atoms with Gasteiger partial charge >= 0.3 is 11.7 Å². The van der Waals surface area contributed by atoms with E-state index in [-0.39, 0.29) is 24.7 Å². The van der Waals surface area contributed by atoms with E-state index in [9.17, 15) is 19.2 Å². The third-order valence-corrected chi connectivity index (χ3v) is 5.83. The zero-order valence-corrected chi connectivity index (χ0v) is 19.0. The lowest BCUT2D eigenvalue weighted by atomic mass is 9.96. The summed E-state index contributed by atoms with van der Waals surface area (Å²) >= 11 is 0. The van der Waals surface area contributed by atoms with Crippen molar-refractivity contribution in [2.24, 2.45) is 0 Å². The highest BCUT2D eigenvalue weighted by Crippen LogP contribution is 2.49. The van der Waals surface area contributed by atoms with E-state index >= 15 is 0 Å². The molecule has 0 radical (unpaired) electrons. The minimum atomic E-state index is -0.788. The van der Waals surface area contributed by atoms with Gasteiger partial charge in [-0.2, -0.15) is 0 Å². The van der Waals surface area contributed by atoms with Crippen LogP contribution in [-0.2, 0) is 31.0 Å². The molecule has 1 aromatic heterocycles. The number of hydrogen-bond donors (Lipinski definition) is 2. The predicted octanol–water partition coefficient (Wildman–Crippen LogP) is 1.17. The van der Waals surface area contributed by atoms with E-state index < -0.39 is 35.1 Å². The number of ether oxygens (including phenoxy) is 2. The molecule has 33 heavy (non-hydrogen) atoms. The Hall–Kier alpha value is -3.40. The van der Waals surface area contributed by atoms with Gasteiger partial charge in [-0.05, 0) is 24.8 Å². The highest BCUT2D eigenvalue weighted by atomic mass is 16.5. The highest BCUT2D eigenvalue weighted by Gasteiger charge is 2.52. The summed E-state index contributed by atoms with van der Waals surface area (Å²) in [6.45, 7) is 1.80. The van der Waals surface area contributed by atoms with Crippen LogP contribution in [0.2, 0.25) is 0 Å². The third-order valence-electron chi connectivity index (χ3n) is 5.83. The number of nitrogens with one attached hydrogen (secondary N) is 1. The van der Waals surface area contributed by atoms with Crippen LogP contribution < -0.4 is 21.9 Å². The number of rotatable bonds is 11. The molecule has 1 fully saturated rings. The summed E-state index contributed by atoms with van der Waals surface area (Å²) in [5.74, 6) is -1.23. The maximum atomic E-state index is 13.1. The fraction of sp³-hybridized carbons (Fsp3) is 0.478. The summed E-state index contributed by atoms with van der Waals surface area (Å²) in [4.78, 5) is 54.0. The van der Waals surface area contributed by atoms with Crippen molar-refractivity contribution in [3.8, 4) is 0 Å². The number of benzene rings is 1. The Labute approximate surface area is 191 Å². The number of hydrogen-bond acceptors (Lipinski definition) is 7. The van der Waals surface area contributed by atoms with E-state index in [1.54, 1.807) is 0 Å². The lowest BCUT2D eigenvalue weighted by Gasteiger charge is -2.24. The number of amides is 1. The van der Waals surface area contributed by atoms with Crippen molar-refractivity contribution in [2.75, 3.05) is 37.5 Å². The molecule has 0 unspecified atom stereocenters. The van der Waals surface area contributed by atoms with Crippen molar-refractivity contribution in [3.63, 3.8) is 0 Å². The number of nitrogens with two attached hydrogens (primary N) is 1. The van der Waals surface area contributed by atoms with E-state index in [1.165, 1.54) is 11.7 Å². The zero-order chi connectivity index (χ0) is 24.0. The Balaban J connectivity index is 1.82. The zero-order valence-electron chi connectivity index (χ0n) is 19.0. The molecule has 0 spiro atoms. The molecule has 1 heterocycles. The van der Waals surface area contributed by atoms with E-state index in [2.05, 4.69) is 4.98 Å². The van der Waals surface area contributed by atoms with Crippen LogP contribution in [0.15, 0.2) is 39.9 Å². The maximum absolute atomic E-state index is 13.1. The van der Waals surface area contributed by atoms with Crippen LogP contribution in [0.1, 0.15) is 38.2 Å². The average Bonchev–Trinajstić information content (AvgIpc) is 3.62. The number of carbonyl (C=O) groups excluding carboxylic acids is 2. The van der Waals surface area contributed by atoms with Crippen molar-refractivity contribution in [3.05, 3.63) is 56.7 Å². The van der Waals surface area contributed by atoms with Gasteiger partial charge in [0.05, 0.1) is 12.0 Å². The number of carbonyl (C=O) groups is 2. The molecule has 0 atom stereocenters. The first-order valence-electron chi connectivity index (χ1n) is 11.0.